The van der Waals surface area contributed by atoms with Gasteiger partial charge in [0.25, 0.3) is 0 Å². The predicted octanol–water partition coefficient (Wildman–Crippen LogP) is -0.840. The maximum Gasteiger partial charge on any atom is 0.317 e. The maximum absolute atomic E-state index is 12.2. The number of methoxy groups -OCH3 is 1. The SMILES string of the molecule is COc1ccc2c(c1OCCO)OC1c3c(CN4C=C5N=CC=C5C4)cc(OC4OC(C(OC(=O)CC(=O)O)C(N)N)C(O)C(O)C4O)cc3OCC21. The summed E-state index contributed by atoms with van der Waals surface area (Å²) in [5.41, 5.74) is 15.8. The molecule has 8 unspecified atom stereocenters. The van der Waals surface area contributed by atoms with Crippen molar-refractivity contribution in [2.75, 3.05) is 33.5 Å². The number of allylic oxidation sites excluding steroid dienone is 1. The van der Waals surface area contributed by atoms with E-state index < -0.39 is 67.4 Å². The lowest BCUT2D eigenvalue weighted by molar-refractivity contribution is -0.291. The summed E-state index contributed by atoms with van der Waals surface area (Å²) in [6, 6.07) is 6.96. The molecule has 0 spiro atoms. The number of aliphatic imine (C=N–C) groups is 1. The molecule has 9 N–H and O–H groups in total. The maximum atomic E-state index is 12.2. The molecule has 284 valence electrons. The van der Waals surface area contributed by atoms with Gasteiger partial charge < -0.3 is 75.1 Å². The minimum absolute atomic E-state index is 0.0247. The van der Waals surface area contributed by atoms with Crippen LogP contribution in [-0.2, 0) is 25.6 Å². The summed E-state index contributed by atoms with van der Waals surface area (Å²) in [7, 11) is 1.51. The lowest BCUT2D eigenvalue weighted by Gasteiger charge is -2.43. The van der Waals surface area contributed by atoms with Gasteiger partial charge in [-0.1, -0.05) is 6.07 Å². The lowest BCUT2D eigenvalue weighted by Crippen LogP contribution is -2.66. The quantitative estimate of drug-likeness (QED) is 0.0750. The van der Waals surface area contributed by atoms with Crippen molar-refractivity contribution in [2.45, 2.75) is 68.0 Å². The van der Waals surface area contributed by atoms with Gasteiger partial charge in [0, 0.05) is 48.3 Å². The van der Waals surface area contributed by atoms with Gasteiger partial charge in [0.15, 0.2) is 17.6 Å². The zero-order valence-corrected chi connectivity index (χ0v) is 28.4. The van der Waals surface area contributed by atoms with Crippen molar-refractivity contribution < 1.29 is 68.3 Å². The Balaban J connectivity index is 1.21. The van der Waals surface area contributed by atoms with Crippen LogP contribution >= 0.6 is 0 Å². The predicted molar refractivity (Wildman–Crippen MR) is 180 cm³/mol. The molecule has 5 aliphatic rings. The van der Waals surface area contributed by atoms with E-state index in [1.165, 1.54) is 7.11 Å². The van der Waals surface area contributed by atoms with Gasteiger partial charge in [0.05, 0.1) is 38.1 Å². The molecule has 0 aromatic heterocycles. The van der Waals surface area contributed by atoms with Gasteiger partial charge in [0.2, 0.25) is 12.0 Å². The first-order chi connectivity index (χ1) is 25.5. The molecule has 7 rings (SSSR count). The highest BCUT2D eigenvalue weighted by Crippen LogP contribution is 2.57. The molecular weight excluding hydrogens is 700 g/mol. The average molecular weight is 741 g/mol. The average Bonchev–Trinajstić information content (AvgIpc) is 3.83. The number of carboxylic acid groups (broad SMARTS) is 1. The zero-order chi connectivity index (χ0) is 37.6. The Morgan fingerprint density at radius 3 is 2.66 bits per heavy atom. The standard InChI is InChI=1S/C35H40N4O14/c1-47-21-3-2-18-19-14-49-22-9-17(50-35-28(46)26(44)27(45)32(53-35)33(34(36)37)51-24(43)10-23(41)42)8-16(12-39-11-15-4-5-38-20(15)13-39)25(22)29(19)52-30(18)31(21)48-7-6-40/h2-5,8-9,13,19,26-29,32-35,40,44-46H,6-7,10-12,14,36-37H2,1H3,(H,41,42). The summed E-state index contributed by atoms with van der Waals surface area (Å²) < 4.78 is 41.5. The first-order valence-corrected chi connectivity index (χ1v) is 16.9. The second-order valence-corrected chi connectivity index (χ2v) is 13.1. The number of carboxylic acids is 1. The van der Waals surface area contributed by atoms with Crippen LogP contribution < -0.4 is 35.2 Å². The fourth-order valence-electron chi connectivity index (χ4n) is 7.15. The molecule has 8 atom stereocenters. The van der Waals surface area contributed by atoms with Crippen LogP contribution in [0.5, 0.6) is 28.7 Å². The van der Waals surface area contributed by atoms with E-state index in [1.54, 1.807) is 24.4 Å². The minimum atomic E-state index is -1.87. The molecule has 18 nitrogen and oxygen atoms in total. The lowest BCUT2D eigenvalue weighted by atomic mass is 9.86. The number of rotatable bonds is 13. The fourth-order valence-corrected chi connectivity index (χ4v) is 7.15. The van der Waals surface area contributed by atoms with E-state index in [0.717, 1.165) is 28.0 Å². The molecule has 1 saturated heterocycles. The van der Waals surface area contributed by atoms with Crippen LogP contribution in [0.4, 0.5) is 0 Å². The van der Waals surface area contributed by atoms with Crippen molar-refractivity contribution in [2.24, 2.45) is 16.5 Å². The van der Waals surface area contributed by atoms with Gasteiger partial charge in [-0.25, -0.2) is 0 Å². The van der Waals surface area contributed by atoms with Crippen LogP contribution in [0.15, 0.2) is 52.8 Å². The summed E-state index contributed by atoms with van der Waals surface area (Å²) in [6.45, 7) is 0.954. The number of carbonyl (C=O) groups excluding carboxylic acids is 1. The normalized spacial score (nSPS) is 27.0. The van der Waals surface area contributed by atoms with Gasteiger partial charge in [-0.05, 0) is 23.8 Å². The van der Waals surface area contributed by atoms with Gasteiger partial charge in [-0.3, -0.25) is 14.6 Å². The molecule has 5 aliphatic heterocycles. The van der Waals surface area contributed by atoms with E-state index in [2.05, 4.69) is 9.89 Å². The molecule has 2 aromatic rings. The molecule has 0 radical (unpaired) electrons. The van der Waals surface area contributed by atoms with Crippen LogP contribution in [0, 0.1) is 0 Å². The van der Waals surface area contributed by atoms with E-state index in [4.69, 9.17) is 49.7 Å². The molecule has 0 amide bonds. The second kappa shape index (κ2) is 14.8. The number of aliphatic hydroxyl groups excluding tert-OH is 4. The third kappa shape index (κ3) is 6.97. The molecule has 0 saturated carbocycles. The summed E-state index contributed by atoms with van der Waals surface area (Å²) >= 11 is 0. The topological polar surface area (TPSA) is 268 Å². The number of benzene rings is 2. The Morgan fingerprint density at radius 2 is 1.94 bits per heavy atom. The highest BCUT2D eigenvalue weighted by Gasteiger charge is 2.51. The Morgan fingerprint density at radius 1 is 1.13 bits per heavy atom. The minimum Gasteiger partial charge on any atom is -0.493 e. The van der Waals surface area contributed by atoms with Crippen LogP contribution in [0.1, 0.15) is 35.1 Å². The molecule has 2 aromatic carbocycles. The van der Waals surface area contributed by atoms with Crippen molar-refractivity contribution in [3.63, 3.8) is 0 Å². The van der Waals surface area contributed by atoms with Gasteiger partial charge in [-0.15, -0.1) is 0 Å². The van der Waals surface area contributed by atoms with Crippen LogP contribution in [0.25, 0.3) is 0 Å². The molecule has 0 aliphatic carbocycles. The number of esters is 1. The molecule has 18 heteroatoms. The van der Waals surface area contributed by atoms with E-state index in [-0.39, 0.29) is 31.5 Å². The van der Waals surface area contributed by atoms with Gasteiger partial charge >= 0.3 is 11.9 Å². The molecule has 5 heterocycles. The number of nitrogens with two attached hydrogens (primary N) is 2. The number of hydrogen-bond acceptors (Lipinski definition) is 17. The fraction of sp³-hybridized carbons (Fsp3) is 0.457. The van der Waals surface area contributed by atoms with Gasteiger partial charge in [0.1, 0.15) is 55.0 Å². The zero-order valence-electron chi connectivity index (χ0n) is 28.4. The number of carbonyl (C=O) groups is 2. The number of fused-ring (bicyclic) bond motifs is 6. The second-order valence-electron chi connectivity index (χ2n) is 13.1. The highest BCUT2D eigenvalue weighted by molar-refractivity contribution is 5.90. The third-order valence-electron chi connectivity index (χ3n) is 9.57. The Bertz CT molecular complexity index is 1850. The van der Waals surface area contributed by atoms with Crippen LogP contribution in [0.3, 0.4) is 0 Å². The monoisotopic (exact) mass is 740 g/mol. The number of nitrogens with zero attached hydrogens (tertiary/aromatic N) is 2. The summed E-state index contributed by atoms with van der Waals surface area (Å²) in [5.74, 6) is -1.09. The molecule has 53 heavy (non-hydrogen) atoms. The number of aliphatic hydroxyl groups is 4. The van der Waals surface area contributed by atoms with Crippen LogP contribution in [-0.4, -0.2) is 125 Å². The van der Waals surface area contributed by atoms with Crippen molar-refractivity contribution in [1.82, 2.24) is 4.90 Å². The summed E-state index contributed by atoms with van der Waals surface area (Å²) in [6.07, 6.45) is -7.85. The number of hydrogen-bond donors (Lipinski definition) is 7. The van der Waals surface area contributed by atoms with Crippen molar-refractivity contribution >= 4 is 18.2 Å². The summed E-state index contributed by atoms with van der Waals surface area (Å²) in [5, 5.41) is 51.0. The van der Waals surface area contributed by atoms with E-state index in [9.17, 15) is 30.0 Å². The Labute approximate surface area is 302 Å². The molecule has 0 bridgehead atoms. The largest absolute Gasteiger partial charge is 0.493 e. The first kappa shape index (κ1) is 36.4. The van der Waals surface area contributed by atoms with E-state index >= 15 is 0 Å². The Hall–Kier alpha value is -4.95. The third-order valence-corrected chi connectivity index (χ3v) is 9.57. The van der Waals surface area contributed by atoms with Crippen molar-refractivity contribution in [3.8, 4) is 28.7 Å². The Kier molecular flexibility index (Phi) is 10.2. The van der Waals surface area contributed by atoms with E-state index in [0.29, 0.717) is 36.1 Å². The van der Waals surface area contributed by atoms with E-state index in [1.807, 2.05) is 18.3 Å². The number of aliphatic carboxylic acids is 1. The smallest absolute Gasteiger partial charge is 0.317 e. The van der Waals surface area contributed by atoms with Gasteiger partial charge in [-0.2, -0.15) is 0 Å². The highest BCUT2D eigenvalue weighted by atomic mass is 16.7. The van der Waals surface area contributed by atoms with Crippen molar-refractivity contribution in [1.29, 1.82) is 0 Å². The van der Waals surface area contributed by atoms with Crippen molar-refractivity contribution in [3.05, 3.63) is 64.5 Å². The van der Waals surface area contributed by atoms with Crippen LogP contribution in [0.2, 0.25) is 0 Å². The molecule has 1 fully saturated rings. The molecular formula is C35H40N4O14. The number of ether oxygens (including phenoxy) is 7. The summed E-state index contributed by atoms with van der Waals surface area (Å²) in [4.78, 5) is 29.7. The first-order valence-electron chi connectivity index (χ1n) is 16.9.